The molecule has 5 heteroatoms. The van der Waals surface area contributed by atoms with E-state index >= 15 is 0 Å². The zero-order valence-corrected chi connectivity index (χ0v) is 16.6. The van der Waals surface area contributed by atoms with Crippen LogP contribution >= 0.6 is 0 Å². The van der Waals surface area contributed by atoms with Crippen LogP contribution in [0.1, 0.15) is 28.4 Å². The maximum atomic E-state index is 5.46. The fourth-order valence-electron chi connectivity index (χ4n) is 4.41. The third-order valence-corrected chi connectivity index (χ3v) is 5.86. The number of ether oxygens (including phenoxy) is 1. The van der Waals surface area contributed by atoms with Gasteiger partial charge in [-0.3, -0.25) is 4.90 Å². The minimum absolute atomic E-state index is 0.253. The Kier molecular flexibility index (Phi) is 5.24. The second kappa shape index (κ2) is 8.31. The molecule has 2 aromatic carbocycles. The molecule has 1 fully saturated rings. The van der Waals surface area contributed by atoms with Gasteiger partial charge in [-0.1, -0.05) is 54.6 Å². The van der Waals surface area contributed by atoms with Crippen molar-refractivity contribution < 1.29 is 4.74 Å². The number of hydrogen-bond acceptors (Lipinski definition) is 5. The number of fused-ring (bicyclic) bond motifs is 1. The lowest BCUT2D eigenvalue weighted by molar-refractivity contribution is 0.122. The van der Waals surface area contributed by atoms with E-state index < -0.39 is 0 Å². The van der Waals surface area contributed by atoms with Crippen molar-refractivity contribution in [3.05, 3.63) is 89.2 Å². The highest BCUT2D eigenvalue weighted by molar-refractivity contribution is 5.40. The quantitative estimate of drug-likeness (QED) is 0.687. The van der Waals surface area contributed by atoms with Crippen molar-refractivity contribution in [3.63, 3.8) is 0 Å². The Balaban J connectivity index is 1.44. The van der Waals surface area contributed by atoms with Gasteiger partial charge in [0.05, 0.1) is 24.9 Å². The van der Waals surface area contributed by atoms with Gasteiger partial charge in [-0.25, -0.2) is 9.97 Å². The van der Waals surface area contributed by atoms with Gasteiger partial charge >= 0.3 is 0 Å². The Morgan fingerprint density at radius 3 is 2.55 bits per heavy atom. The fourth-order valence-corrected chi connectivity index (χ4v) is 4.41. The summed E-state index contributed by atoms with van der Waals surface area (Å²) >= 11 is 0. The Morgan fingerprint density at radius 2 is 1.69 bits per heavy atom. The number of anilines is 1. The van der Waals surface area contributed by atoms with Crippen molar-refractivity contribution in [3.8, 4) is 0 Å². The summed E-state index contributed by atoms with van der Waals surface area (Å²) in [6.07, 6.45) is 2.96. The van der Waals surface area contributed by atoms with E-state index in [2.05, 4.69) is 69.4 Å². The molecular formula is C24H26N4O. The van der Waals surface area contributed by atoms with E-state index in [9.17, 15) is 0 Å². The van der Waals surface area contributed by atoms with Crippen LogP contribution in [0.5, 0.6) is 0 Å². The molecule has 0 aliphatic carbocycles. The number of nitrogens with zero attached hydrogens (tertiary/aromatic N) is 4. The van der Waals surface area contributed by atoms with Gasteiger partial charge < -0.3 is 9.64 Å². The first-order valence-electron chi connectivity index (χ1n) is 10.4. The van der Waals surface area contributed by atoms with Crippen molar-refractivity contribution in [2.75, 3.05) is 37.7 Å². The summed E-state index contributed by atoms with van der Waals surface area (Å²) in [5.74, 6) is 0.819. The number of rotatable bonds is 4. The molecule has 0 amide bonds. The molecule has 3 aromatic rings. The summed E-state index contributed by atoms with van der Waals surface area (Å²) in [5, 5.41) is 0. The van der Waals surface area contributed by atoms with Crippen LogP contribution in [0, 0.1) is 0 Å². The molecule has 0 radical (unpaired) electrons. The Morgan fingerprint density at radius 1 is 0.897 bits per heavy atom. The first-order chi connectivity index (χ1) is 14.4. The average molecular weight is 386 g/mol. The highest BCUT2D eigenvalue weighted by atomic mass is 16.5. The lowest BCUT2D eigenvalue weighted by Gasteiger charge is -2.37. The molecule has 0 spiro atoms. The van der Waals surface area contributed by atoms with Crippen molar-refractivity contribution >= 4 is 5.95 Å². The molecule has 0 saturated carbocycles. The predicted octanol–water partition coefficient (Wildman–Crippen LogP) is 3.46. The highest BCUT2D eigenvalue weighted by Gasteiger charge is 2.29. The minimum Gasteiger partial charge on any atom is -0.378 e. The van der Waals surface area contributed by atoms with Crippen LogP contribution in [-0.4, -0.2) is 47.7 Å². The van der Waals surface area contributed by atoms with Crippen molar-refractivity contribution in [2.45, 2.75) is 19.0 Å². The van der Waals surface area contributed by atoms with E-state index in [-0.39, 0.29) is 6.04 Å². The Bertz CT molecular complexity index is 956. The molecule has 3 heterocycles. The molecule has 0 N–H and O–H groups in total. The third kappa shape index (κ3) is 3.88. The van der Waals surface area contributed by atoms with Gasteiger partial charge in [0.1, 0.15) is 0 Å². The molecule has 1 saturated heterocycles. The topological polar surface area (TPSA) is 41.5 Å². The molecule has 1 atom stereocenters. The predicted molar refractivity (Wildman–Crippen MR) is 114 cm³/mol. The average Bonchev–Trinajstić information content (AvgIpc) is 2.80. The summed E-state index contributed by atoms with van der Waals surface area (Å²) in [7, 11) is 0. The molecule has 2 aliphatic heterocycles. The van der Waals surface area contributed by atoms with E-state index in [1.54, 1.807) is 0 Å². The zero-order chi connectivity index (χ0) is 19.5. The van der Waals surface area contributed by atoms with Gasteiger partial charge in [-0.2, -0.15) is 0 Å². The van der Waals surface area contributed by atoms with E-state index in [0.717, 1.165) is 57.5 Å². The summed E-state index contributed by atoms with van der Waals surface area (Å²) < 4.78 is 5.46. The van der Waals surface area contributed by atoms with E-state index in [1.165, 1.54) is 16.7 Å². The summed E-state index contributed by atoms with van der Waals surface area (Å²) in [4.78, 5) is 14.2. The summed E-state index contributed by atoms with van der Waals surface area (Å²) in [6, 6.07) is 22.0. The molecule has 29 heavy (non-hydrogen) atoms. The van der Waals surface area contributed by atoms with Crippen molar-refractivity contribution in [1.29, 1.82) is 0 Å². The lowest BCUT2D eigenvalue weighted by Crippen LogP contribution is -2.38. The van der Waals surface area contributed by atoms with Crippen LogP contribution in [0.3, 0.4) is 0 Å². The number of hydrogen-bond donors (Lipinski definition) is 0. The van der Waals surface area contributed by atoms with Crippen LogP contribution in [0.25, 0.3) is 0 Å². The van der Waals surface area contributed by atoms with E-state index in [4.69, 9.17) is 9.72 Å². The molecule has 5 nitrogen and oxygen atoms in total. The van der Waals surface area contributed by atoms with Crippen LogP contribution < -0.4 is 4.90 Å². The zero-order valence-electron chi connectivity index (χ0n) is 16.6. The molecule has 148 valence electrons. The number of benzene rings is 2. The monoisotopic (exact) mass is 386 g/mol. The summed E-state index contributed by atoms with van der Waals surface area (Å²) in [6.45, 7) is 5.03. The van der Waals surface area contributed by atoms with Gasteiger partial charge in [0, 0.05) is 32.4 Å². The smallest absolute Gasteiger partial charge is 0.225 e. The van der Waals surface area contributed by atoms with Crippen LogP contribution in [-0.2, 0) is 17.7 Å². The molecule has 2 aliphatic rings. The second-order valence-electron chi connectivity index (χ2n) is 7.68. The van der Waals surface area contributed by atoms with E-state index in [0.29, 0.717) is 0 Å². The maximum absolute atomic E-state index is 5.46. The van der Waals surface area contributed by atoms with Gasteiger partial charge in [-0.05, 0) is 29.2 Å². The molecule has 5 rings (SSSR count). The first-order valence-corrected chi connectivity index (χ1v) is 10.4. The molecule has 0 unspecified atom stereocenters. The van der Waals surface area contributed by atoms with Gasteiger partial charge in [0.2, 0.25) is 5.95 Å². The van der Waals surface area contributed by atoms with Crippen molar-refractivity contribution in [1.82, 2.24) is 14.9 Å². The standard InChI is InChI=1S/C24H26N4O/c1-2-7-20(8-3-1)23-22-9-5-4-6-19(22)11-13-28(23)18-21-10-12-25-24(26-21)27-14-16-29-17-15-27/h1-10,12,23H,11,13-18H2/t23-/m0/s1. The number of morpholine rings is 1. The highest BCUT2D eigenvalue weighted by Crippen LogP contribution is 2.35. The molecular weight excluding hydrogens is 360 g/mol. The lowest BCUT2D eigenvalue weighted by atomic mass is 9.88. The SMILES string of the molecule is c1ccc([C@H]2c3ccccc3CCN2Cc2ccnc(N3CCOCC3)n2)cc1. The van der Waals surface area contributed by atoms with Gasteiger partial charge in [0.25, 0.3) is 0 Å². The van der Waals surface area contributed by atoms with Gasteiger partial charge in [0.15, 0.2) is 0 Å². The molecule has 0 bridgehead atoms. The van der Waals surface area contributed by atoms with E-state index in [1.807, 2.05) is 12.3 Å². The molecule has 1 aromatic heterocycles. The van der Waals surface area contributed by atoms with Gasteiger partial charge in [-0.15, -0.1) is 0 Å². The third-order valence-electron chi connectivity index (χ3n) is 5.86. The first kappa shape index (κ1) is 18.3. The minimum atomic E-state index is 0.253. The van der Waals surface area contributed by atoms with Crippen LogP contribution in [0.2, 0.25) is 0 Å². The Labute approximate surface area is 172 Å². The normalized spacial score (nSPS) is 19.7. The Hall–Kier alpha value is -2.76. The second-order valence-corrected chi connectivity index (χ2v) is 7.68. The fraction of sp³-hybridized carbons (Fsp3) is 0.333. The summed E-state index contributed by atoms with van der Waals surface area (Å²) in [5.41, 5.74) is 5.27. The number of aromatic nitrogens is 2. The maximum Gasteiger partial charge on any atom is 0.225 e. The largest absolute Gasteiger partial charge is 0.378 e. The van der Waals surface area contributed by atoms with Crippen molar-refractivity contribution in [2.24, 2.45) is 0 Å². The van der Waals surface area contributed by atoms with Crippen LogP contribution in [0.15, 0.2) is 66.9 Å². The van der Waals surface area contributed by atoms with Crippen LogP contribution in [0.4, 0.5) is 5.95 Å².